The zero-order valence-electron chi connectivity index (χ0n) is 9.79. The highest BCUT2D eigenvalue weighted by Gasteiger charge is 2.14. The van der Waals surface area contributed by atoms with Gasteiger partial charge in [-0.3, -0.25) is 9.59 Å². The van der Waals surface area contributed by atoms with Crippen molar-refractivity contribution >= 4 is 33.4 Å². The number of aromatic nitrogens is 1. The van der Waals surface area contributed by atoms with E-state index < -0.39 is 18.3 Å². The lowest BCUT2D eigenvalue weighted by atomic mass is 10.3. The number of thiazole rings is 1. The van der Waals surface area contributed by atoms with Gasteiger partial charge in [-0.05, 0) is 12.1 Å². The van der Waals surface area contributed by atoms with Gasteiger partial charge in [0.15, 0.2) is 0 Å². The monoisotopic (exact) mass is 264 g/mol. The fourth-order valence-corrected chi connectivity index (χ4v) is 2.56. The molecule has 0 aliphatic rings. The summed E-state index contributed by atoms with van der Waals surface area (Å²) in [4.78, 5) is 27.7. The standard InChI is InChI=1S/C12H12N2O3S/c1-14(11(15)6-12(16)17)7-10-13-8-4-2-3-5-9(8)18-10/h2-5H,6-7H2,1H3,(H,16,17). The molecular formula is C12H12N2O3S. The minimum absolute atomic E-state index is 0.339. The van der Waals surface area contributed by atoms with E-state index in [0.717, 1.165) is 15.2 Å². The SMILES string of the molecule is CN(Cc1nc2ccccc2s1)C(=O)CC(=O)O. The van der Waals surface area contributed by atoms with Gasteiger partial charge in [0.25, 0.3) is 0 Å². The molecule has 1 aromatic heterocycles. The Morgan fingerprint density at radius 1 is 1.39 bits per heavy atom. The van der Waals surface area contributed by atoms with Gasteiger partial charge in [-0.25, -0.2) is 4.98 Å². The molecule has 0 aliphatic carbocycles. The van der Waals surface area contributed by atoms with Crippen LogP contribution in [0.25, 0.3) is 10.2 Å². The van der Waals surface area contributed by atoms with Crippen LogP contribution in [0.5, 0.6) is 0 Å². The lowest BCUT2D eigenvalue weighted by Crippen LogP contribution is -2.27. The number of carbonyl (C=O) groups excluding carboxylic acids is 1. The predicted octanol–water partition coefficient (Wildman–Crippen LogP) is 1.73. The molecule has 0 radical (unpaired) electrons. The van der Waals surface area contributed by atoms with Gasteiger partial charge in [0, 0.05) is 7.05 Å². The molecule has 1 aromatic carbocycles. The number of carboxylic acids is 1. The van der Waals surface area contributed by atoms with Gasteiger partial charge in [-0.1, -0.05) is 12.1 Å². The first-order valence-corrected chi connectivity index (χ1v) is 6.18. The van der Waals surface area contributed by atoms with Crippen molar-refractivity contribution in [2.75, 3.05) is 7.05 Å². The van der Waals surface area contributed by atoms with E-state index in [4.69, 9.17) is 5.11 Å². The van der Waals surface area contributed by atoms with Crippen molar-refractivity contribution in [3.8, 4) is 0 Å². The largest absolute Gasteiger partial charge is 0.481 e. The van der Waals surface area contributed by atoms with E-state index in [1.807, 2.05) is 24.3 Å². The van der Waals surface area contributed by atoms with Crippen molar-refractivity contribution in [2.45, 2.75) is 13.0 Å². The van der Waals surface area contributed by atoms with Crippen molar-refractivity contribution < 1.29 is 14.7 Å². The molecule has 6 heteroatoms. The highest BCUT2D eigenvalue weighted by Crippen LogP contribution is 2.22. The van der Waals surface area contributed by atoms with Gasteiger partial charge >= 0.3 is 5.97 Å². The maximum atomic E-state index is 11.5. The van der Waals surface area contributed by atoms with Gasteiger partial charge in [-0.2, -0.15) is 0 Å². The Labute approximate surface area is 108 Å². The van der Waals surface area contributed by atoms with Crippen LogP contribution in [0.4, 0.5) is 0 Å². The Kier molecular flexibility index (Phi) is 3.57. The minimum Gasteiger partial charge on any atom is -0.481 e. The highest BCUT2D eigenvalue weighted by atomic mass is 32.1. The zero-order valence-corrected chi connectivity index (χ0v) is 10.6. The number of hydrogen-bond acceptors (Lipinski definition) is 4. The first-order chi connectivity index (χ1) is 8.56. The third kappa shape index (κ3) is 2.84. The average molecular weight is 264 g/mol. The normalized spacial score (nSPS) is 10.5. The number of para-hydroxylation sites is 1. The van der Waals surface area contributed by atoms with Crippen LogP contribution in [0.15, 0.2) is 24.3 Å². The first-order valence-electron chi connectivity index (χ1n) is 5.36. The molecule has 0 bridgehead atoms. The van der Waals surface area contributed by atoms with Gasteiger partial charge in [0.05, 0.1) is 16.8 Å². The molecule has 2 aromatic rings. The Balaban J connectivity index is 2.09. The van der Waals surface area contributed by atoms with E-state index in [1.165, 1.54) is 16.2 Å². The average Bonchev–Trinajstić information content (AvgIpc) is 2.69. The summed E-state index contributed by atoms with van der Waals surface area (Å²) in [6.07, 6.45) is -0.485. The summed E-state index contributed by atoms with van der Waals surface area (Å²) < 4.78 is 1.06. The van der Waals surface area contributed by atoms with Crippen LogP contribution < -0.4 is 0 Å². The van der Waals surface area contributed by atoms with E-state index in [2.05, 4.69) is 4.98 Å². The van der Waals surface area contributed by atoms with E-state index in [1.54, 1.807) is 7.05 Å². The smallest absolute Gasteiger partial charge is 0.312 e. The topological polar surface area (TPSA) is 70.5 Å². The fourth-order valence-electron chi connectivity index (χ4n) is 1.54. The lowest BCUT2D eigenvalue weighted by Gasteiger charge is -2.13. The second-order valence-electron chi connectivity index (χ2n) is 3.90. The molecule has 5 nitrogen and oxygen atoms in total. The molecule has 94 valence electrons. The molecule has 0 unspecified atom stereocenters. The number of carbonyl (C=O) groups is 2. The molecule has 2 rings (SSSR count). The van der Waals surface area contributed by atoms with Crippen molar-refractivity contribution in [2.24, 2.45) is 0 Å². The van der Waals surface area contributed by atoms with Crippen LogP contribution in [0.1, 0.15) is 11.4 Å². The summed E-state index contributed by atoms with van der Waals surface area (Å²) in [6.45, 7) is 0.339. The van der Waals surface area contributed by atoms with Gasteiger partial charge < -0.3 is 10.0 Å². The summed E-state index contributed by atoms with van der Waals surface area (Å²) in [6, 6.07) is 7.72. The second kappa shape index (κ2) is 5.14. The van der Waals surface area contributed by atoms with Gasteiger partial charge in [-0.15, -0.1) is 11.3 Å². The fraction of sp³-hybridized carbons (Fsp3) is 0.250. The summed E-state index contributed by atoms with van der Waals surface area (Å²) in [5.41, 5.74) is 0.900. The van der Waals surface area contributed by atoms with Crippen molar-refractivity contribution in [1.29, 1.82) is 0 Å². The Morgan fingerprint density at radius 3 is 2.78 bits per heavy atom. The molecule has 18 heavy (non-hydrogen) atoms. The Hall–Kier alpha value is -1.95. The second-order valence-corrected chi connectivity index (χ2v) is 5.01. The van der Waals surface area contributed by atoms with Gasteiger partial charge in [0.2, 0.25) is 5.91 Å². The molecule has 1 heterocycles. The molecule has 0 saturated carbocycles. The summed E-state index contributed by atoms with van der Waals surface area (Å²) >= 11 is 1.51. The molecular weight excluding hydrogens is 252 g/mol. The molecule has 0 fully saturated rings. The number of rotatable bonds is 4. The van der Waals surface area contributed by atoms with E-state index in [-0.39, 0.29) is 0 Å². The van der Waals surface area contributed by atoms with Crippen molar-refractivity contribution in [3.05, 3.63) is 29.3 Å². The van der Waals surface area contributed by atoms with Crippen molar-refractivity contribution in [3.63, 3.8) is 0 Å². The summed E-state index contributed by atoms with van der Waals surface area (Å²) in [5, 5.41) is 9.36. The maximum Gasteiger partial charge on any atom is 0.312 e. The predicted molar refractivity (Wildman–Crippen MR) is 68.3 cm³/mol. The molecule has 0 atom stereocenters. The lowest BCUT2D eigenvalue weighted by molar-refractivity contribution is -0.143. The molecule has 1 amide bonds. The van der Waals surface area contributed by atoms with Crippen LogP contribution >= 0.6 is 11.3 Å². The first kappa shape index (κ1) is 12.5. The van der Waals surface area contributed by atoms with E-state index in [9.17, 15) is 9.59 Å². The number of benzene rings is 1. The van der Waals surface area contributed by atoms with E-state index >= 15 is 0 Å². The molecule has 1 N–H and O–H groups in total. The number of amides is 1. The molecule has 0 aliphatic heterocycles. The number of fused-ring (bicyclic) bond motifs is 1. The Bertz CT molecular complexity index is 561. The highest BCUT2D eigenvalue weighted by molar-refractivity contribution is 7.18. The molecule has 0 spiro atoms. The quantitative estimate of drug-likeness (QED) is 0.854. The number of hydrogen-bond donors (Lipinski definition) is 1. The minimum atomic E-state index is -1.11. The van der Waals surface area contributed by atoms with Gasteiger partial charge in [0.1, 0.15) is 11.4 Å². The summed E-state index contributed by atoms with van der Waals surface area (Å²) in [7, 11) is 1.58. The van der Waals surface area contributed by atoms with Crippen molar-refractivity contribution in [1.82, 2.24) is 9.88 Å². The molecule has 0 saturated heterocycles. The number of carboxylic acid groups (broad SMARTS) is 1. The van der Waals surface area contributed by atoms with E-state index in [0.29, 0.717) is 6.54 Å². The number of nitrogens with zero attached hydrogens (tertiary/aromatic N) is 2. The van der Waals surface area contributed by atoms with Crippen LogP contribution in [0.2, 0.25) is 0 Å². The van der Waals surface area contributed by atoms with Crippen LogP contribution in [-0.2, 0) is 16.1 Å². The third-order valence-corrected chi connectivity index (χ3v) is 3.46. The van der Waals surface area contributed by atoms with Crippen LogP contribution in [0, 0.1) is 0 Å². The number of aliphatic carboxylic acids is 1. The van der Waals surface area contributed by atoms with Crippen LogP contribution in [0.3, 0.4) is 0 Å². The Morgan fingerprint density at radius 2 is 2.11 bits per heavy atom. The third-order valence-electron chi connectivity index (χ3n) is 2.44. The zero-order chi connectivity index (χ0) is 13.1. The van der Waals surface area contributed by atoms with Crippen LogP contribution in [-0.4, -0.2) is 33.9 Å². The summed E-state index contributed by atoms with van der Waals surface area (Å²) in [5.74, 6) is -1.53. The maximum absolute atomic E-state index is 11.5.